The van der Waals surface area contributed by atoms with Gasteiger partial charge in [-0.3, -0.25) is 9.48 Å². The fourth-order valence-electron chi connectivity index (χ4n) is 3.26. The summed E-state index contributed by atoms with van der Waals surface area (Å²) in [6.07, 6.45) is -6.64. The number of carbonyl (C=O) groups is 1. The van der Waals surface area contributed by atoms with Crippen LogP contribution in [-0.4, -0.2) is 35.7 Å². The van der Waals surface area contributed by atoms with E-state index in [1.54, 1.807) is 0 Å². The molecule has 0 bridgehead atoms. The first-order valence-corrected chi connectivity index (χ1v) is 8.85. The molecule has 0 aliphatic heterocycles. The molecule has 4 rings (SSSR count). The van der Waals surface area contributed by atoms with E-state index in [2.05, 4.69) is 30.1 Å². The molecule has 1 unspecified atom stereocenters. The Morgan fingerprint density at radius 2 is 1.90 bits per heavy atom. The molecular formula is C16H13F6N7O2. The van der Waals surface area contributed by atoms with Gasteiger partial charge in [-0.05, 0) is 19.3 Å². The van der Waals surface area contributed by atoms with Crippen LogP contribution in [0.15, 0.2) is 16.7 Å². The largest absolute Gasteiger partial charge is 0.470 e. The number of nitrogens with one attached hydrogen (secondary N) is 1. The summed E-state index contributed by atoms with van der Waals surface area (Å²) in [5, 5.41) is 16.3. The summed E-state index contributed by atoms with van der Waals surface area (Å²) < 4.78 is 82.9. The molecule has 3 heterocycles. The average molecular weight is 449 g/mol. The summed E-state index contributed by atoms with van der Waals surface area (Å²) in [6, 6.07) is -0.493. The molecule has 0 saturated heterocycles. The first kappa shape index (κ1) is 20.9. The highest BCUT2D eigenvalue weighted by Crippen LogP contribution is 2.32. The van der Waals surface area contributed by atoms with Gasteiger partial charge in [0.25, 0.3) is 5.91 Å². The first-order chi connectivity index (χ1) is 14.4. The first-order valence-electron chi connectivity index (χ1n) is 8.85. The van der Waals surface area contributed by atoms with Crippen molar-refractivity contribution in [3.63, 3.8) is 0 Å². The monoisotopic (exact) mass is 449 g/mol. The molecule has 1 aliphatic carbocycles. The van der Waals surface area contributed by atoms with Gasteiger partial charge >= 0.3 is 24.3 Å². The zero-order valence-corrected chi connectivity index (χ0v) is 15.6. The molecule has 1 atom stereocenters. The molecule has 3 aromatic rings. The minimum absolute atomic E-state index is 0.293. The maximum absolute atomic E-state index is 12.8. The molecule has 0 radical (unpaired) electrons. The molecule has 31 heavy (non-hydrogen) atoms. The molecule has 9 nitrogen and oxygen atoms in total. The van der Waals surface area contributed by atoms with Crippen molar-refractivity contribution in [1.29, 1.82) is 0 Å². The lowest BCUT2D eigenvalue weighted by atomic mass is 9.93. The van der Waals surface area contributed by atoms with Crippen LogP contribution in [0.5, 0.6) is 0 Å². The minimum atomic E-state index is -4.81. The number of aryl methyl sites for hydroxylation is 2. The zero-order valence-electron chi connectivity index (χ0n) is 15.6. The third kappa shape index (κ3) is 3.98. The van der Waals surface area contributed by atoms with Gasteiger partial charge < -0.3 is 9.73 Å². The number of halogens is 6. The lowest BCUT2D eigenvalue weighted by Crippen LogP contribution is -2.31. The van der Waals surface area contributed by atoms with E-state index in [0.29, 0.717) is 36.6 Å². The van der Waals surface area contributed by atoms with Gasteiger partial charge in [0.1, 0.15) is 5.69 Å². The predicted molar refractivity (Wildman–Crippen MR) is 87.8 cm³/mol. The van der Waals surface area contributed by atoms with Crippen molar-refractivity contribution < 1.29 is 35.6 Å². The van der Waals surface area contributed by atoms with Crippen molar-refractivity contribution >= 4 is 5.91 Å². The van der Waals surface area contributed by atoms with E-state index >= 15 is 0 Å². The summed E-state index contributed by atoms with van der Waals surface area (Å²) in [6.45, 7) is 0. The second kappa shape index (κ2) is 7.09. The van der Waals surface area contributed by atoms with Crippen LogP contribution in [0.3, 0.4) is 0 Å². The van der Waals surface area contributed by atoms with Crippen molar-refractivity contribution in [3.05, 3.63) is 40.8 Å². The number of hydrogen-bond acceptors (Lipinski definition) is 6. The van der Waals surface area contributed by atoms with Crippen LogP contribution < -0.4 is 5.32 Å². The smallest absolute Gasteiger partial charge is 0.398 e. The number of amides is 1. The highest BCUT2D eigenvalue weighted by atomic mass is 19.4. The minimum Gasteiger partial charge on any atom is -0.398 e. The highest BCUT2D eigenvalue weighted by molar-refractivity contribution is 5.93. The summed E-state index contributed by atoms with van der Waals surface area (Å²) >= 11 is 0. The van der Waals surface area contributed by atoms with Crippen LogP contribution in [0.1, 0.15) is 52.2 Å². The van der Waals surface area contributed by atoms with Crippen LogP contribution >= 0.6 is 0 Å². The lowest BCUT2D eigenvalue weighted by molar-refractivity contribution is -0.157. The zero-order chi connectivity index (χ0) is 22.6. The Hall–Kier alpha value is -3.39. The quantitative estimate of drug-likeness (QED) is 0.617. The standard InChI is InChI=1S/C16H13F6N7O2/c1-28-10(5-11(27-28)15(17,18)19)12(30)23-8-3-2-4-9-7(8)6-29(26-9)14-25-24-13(31-14)16(20,21)22/h5-6,8H,2-4H2,1H3,(H,23,30). The predicted octanol–water partition coefficient (Wildman–Crippen LogP) is 2.83. The van der Waals surface area contributed by atoms with Crippen LogP contribution in [0.4, 0.5) is 26.3 Å². The Bertz CT molecular complexity index is 1130. The maximum Gasteiger partial charge on any atom is 0.470 e. The van der Waals surface area contributed by atoms with E-state index in [1.807, 2.05) is 0 Å². The second-order valence-corrected chi connectivity index (χ2v) is 6.82. The molecule has 0 spiro atoms. The van der Waals surface area contributed by atoms with E-state index in [9.17, 15) is 31.1 Å². The Morgan fingerprint density at radius 3 is 2.52 bits per heavy atom. The van der Waals surface area contributed by atoms with Gasteiger partial charge in [0, 0.05) is 24.9 Å². The third-order valence-electron chi connectivity index (χ3n) is 4.67. The van der Waals surface area contributed by atoms with Gasteiger partial charge in [0.15, 0.2) is 5.69 Å². The molecule has 1 amide bonds. The van der Waals surface area contributed by atoms with Gasteiger partial charge in [0.2, 0.25) is 0 Å². The molecule has 3 aromatic heterocycles. The number of carbonyl (C=O) groups excluding carboxylic acids is 1. The number of rotatable bonds is 3. The second-order valence-electron chi connectivity index (χ2n) is 6.82. The van der Waals surface area contributed by atoms with Crippen molar-refractivity contribution in [2.45, 2.75) is 37.7 Å². The van der Waals surface area contributed by atoms with E-state index < -0.39 is 41.9 Å². The normalized spacial score (nSPS) is 16.9. The van der Waals surface area contributed by atoms with Crippen molar-refractivity contribution in [3.8, 4) is 6.01 Å². The molecule has 1 aliphatic rings. The maximum atomic E-state index is 12.8. The Kier molecular flexibility index (Phi) is 4.77. The fraction of sp³-hybridized carbons (Fsp3) is 0.438. The number of aromatic nitrogens is 6. The Morgan fingerprint density at radius 1 is 1.16 bits per heavy atom. The molecule has 0 aromatic carbocycles. The summed E-state index contributed by atoms with van der Waals surface area (Å²) in [5.74, 6) is -2.31. The molecule has 15 heteroatoms. The average Bonchev–Trinajstić information content (AvgIpc) is 3.38. The summed E-state index contributed by atoms with van der Waals surface area (Å²) in [5.41, 5.74) is -0.512. The van der Waals surface area contributed by atoms with Crippen LogP contribution in [0.2, 0.25) is 0 Å². The Balaban J connectivity index is 1.57. The molecule has 0 saturated carbocycles. The third-order valence-corrected chi connectivity index (χ3v) is 4.67. The van der Waals surface area contributed by atoms with Gasteiger partial charge in [-0.1, -0.05) is 5.10 Å². The molecule has 1 N–H and O–H groups in total. The topological polar surface area (TPSA) is 104 Å². The summed E-state index contributed by atoms with van der Waals surface area (Å²) in [7, 11) is 1.21. The lowest BCUT2D eigenvalue weighted by Gasteiger charge is -2.22. The van der Waals surface area contributed by atoms with Gasteiger partial charge in [0.05, 0.1) is 11.7 Å². The van der Waals surface area contributed by atoms with Crippen molar-refractivity contribution in [2.75, 3.05) is 0 Å². The van der Waals surface area contributed by atoms with E-state index in [4.69, 9.17) is 0 Å². The van der Waals surface area contributed by atoms with Crippen LogP contribution in [0.25, 0.3) is 6.01 Å². The summed E-state index contributed by atoms with van der Waals surface area (Å²) in [4.78, 5) is 12.5. The van der Waals surface area contributed by atoms with E-state index in [-0.39, 0.29) is 5.69 Å². The molecular weight excluding hydrogens is 436 g/mol. The number of nitrogens with zero attached hydrogens (tertiary/aromatic N) is 6. The number of hydrogen-bond donors (Lipinski definition) is 1. The molecule has 166 valence electrons. The van der Waals surface area contributed by atoms with Gasteiger partial charge in [-0.2, -0.15) is 41.2 Å². The van der Waals surface area contributed by atoms with Gasteiger partial charge in [-0.25, -0.2) is 0 Å². The van der Waals surface area contributed by atoms with E-state index in [1.165, 1.54) is 13.2 Å². The van der Waals surface area contributed by atoms with Crippen molar-refractivity contribution in [2.24, 2.45) is 7.05 Å². The number of fused-ring (bicyclic) bond motifs is 1. The van der Waals surface area contributed by atoms with Crippen LogP contribution in [-0.2, 0) is 25.8 Å². The fourth-order valence-corrected chi connectivity index (χ4v) is 3.26. The van der Waals surface area contributed by atoms with E-state index in [0.717, 1.165) is 9.36 Å². The van der Waals surface area contributed by atoms with Gasteiger partial charge in [-0.15, -0.1) is 5.10 Å². The Labute approximate surface area is 169 Å². The van der Waals surface area contributed by atoms with Crippen molar-refractivity contribution in [1.82, 2.24) is 35.1 Å². The molecule has 0 fully saturated rings. The number of alkyl halides is 6. The SMILES string of the molecule is Cn1nc(C(F)(F)F)cc1C(=O)NC1CCCc2nn(-c3nnc(C(F)(F)F)o3)cc21. The highest BCUT2D eigenvalue weighted by Gasteiger charge is 2.39. The van der Waals surface area contributed by atoms with Crippen LogP contribution in [0, 0.1) is 0 Å².